The lowest BCUT2D eigenvalue weighted by atomic mass is 9.98. The predicted octanol–water partition coefficient (Wildman–Crippen LogP) is 1.65. The van der Waals surface area contributed by atoms with Crippen LogP contribution in [0.2, 0.25) is 0 Å². The Kier molecular flexibility index (Phi) is 6.36. The van der Waals surface area contributed by atoms with E-state index in [-0.39, 0.29) is 34.9 Å². The van der Waals surface area contributed by atoms with Gasteiger partial charge in [0.05, 0.1) is 23.2 Å². The number of piperidine rings is 1. The van der Waals surface area contributed by atoms with Crippen molar-refractivity contribution in [3.63, 3.8) is 0 Å². The van der Waals surface area contributed by atoms with Gasteiger partial charge >= 0.3 is 5.97 Å². The first-order valence-electron chi connectivity index (χ1n) is 8.16. The summed E-state index contributed by atoms with van der Waals surface area (Å²) in [5.41, 5.74) is 0. The second-order valence-electron chi connectivity index (χ2n) is 5.81. The molecule has 132 valence electrons. The summed E-state index contributed by atoms with van der Waals surface area (Å²) in [6, 6.07) is 8.11. The van der Waals surface area contributed by atoms with Crippen molar-refractivity contribution in [3.05, 3.63) is 30.3 Å². The predicted molar refractivity (Wildman–Crippen MR) is 89.0 cm³/mol. The first-order valence-corrected chi connectivity index (χ1v) is 9.81. The summed E-state index contributed by atoms with van der Waals surface area (Å²) < 4.78 is 29.5. The van der Waals surface area contributed by atoms with Gasteiger partial charge in [0.15, 0.2) is 9.84 Å². The van der Waals surface area contributed by atoms with Crippen molar-refractivity contribution in [1.29, 1.82) is 0 Å². The van der Waals surface area contributed by atoms with E-state index < -0.39 is 9.84 Å². The summed E-state index contributed by atoms with van der Waals surface area (Å²) in [6.45, 7) is 2.93. The highest BCUT2D eigenvalue weighted by Crippen LogP contribution is 2.19. The fourth-order valence-corrected chi connectivity index (χ4v) is 4.03. The molecule has 1 aliphatic heterocycles. The summed E-state index contributed by atoms with van der Waals surface area (Å²) in [5.74, 6) is -1.06. The van der Waals surface area contributed by atoms with Crippen LogP contribution in [0.4, 0.5) is 0 Å². The summed E-state index contributed by atoms with van der Waals surface area (Å²) in [4.78, 5) is 25.9. The van der Waals surface area contributed by atoms with Crippen molar-refractivity contribution in [2.75, 3.05) is 25.4 Å². The maximum atomic E-state index is 12.3. The Morgan fingerprint density at radius 2 is 1.96 bits per heavy atom. The summed E-state index contributed by atoms with van der Waals surface area (Å²) in [7, 11) is -3.47. The molecular formula is C17H23NO5S. The maximum absolute atomic E-state index is 12.3. The lowest BCUT2D eigenvalue weighted by Crippen LogP contribution is -2.43. The van der Waals surface area contributed by atoms with E-state index in [1.807, 2.05) is 0 Å². The van der Waals surface area contributed by atoms with Crippen LogP contribution in [-0.2, 0) is 24.2 Å². The Balaban J connectivity index is 1.91. The smallest absolute Gasteiger partial charge is 0.310 e. The topological polar surface area (TPSA) is 80.8 Å². The largest absolute Gasteiger partial charge is 0.466 e. The Bertz CT molecular complexity index is 671. The molecule has 1 atom stereocenters. The molecule has 1 heterocycles. The average molecular weight is 353 g/mol. The van der Waals surface area contributed by atoms with Gasteiger partial charge in [0.25, 0.3) is 0 Å². The van der Waals surface area contributed by atoms with Gasteiger partial charge in [0, 0.05) is 19.5 Å². The first kappa shape index (κ1) is 18.4. The van der Waals surface area contributed by atoms with Crippen LogP contribution < -0.4 is 0 Å². The van der Waals surface area contributed by atoms with Gasteiger partial charge in [-0.3, -0.25) is 9.59 Å². The molecule has 1 saturated heterocycles. The van der Waals surface area contributed by atoms with Crippen molar-refractivity contribution in [3.8, 4) is 0 Å². The molecule has 1 aromatic rings. The third-order valence-corrected chi connectivity index (χ3v) is 5.81. The minimum absolute atomic E-state index is 0.0766. The fraction of sp³-hybridized carbons (Fsp3) is 0.529. The second kappa shape index (κ2) is 8.28. The molecule has 1 fully saturated rings. The number of rotatable bonds is 6. The summed E-state index contributed by atoms with van der Waals surface area (Å²) >= 11 is 0. The molecule has 0 N–H and O–H groups in total. The van der Waals surface area contributed by atoms with E-state index in [9.17, 15) is 18.0 Å². The van der Waals surface area contributed by atoms with Crippen LogP contribution in [0, 0.1) is 5.92 Å². The number of ether oxygens (including phenoxy) is 1. The minimum atomic E-state index is -3.47. The van der Waals surface area contributed by atoms with E-state index in [0.717, 1.165) is 6.42 Å². The van der Waals surface area contributed by atoms with Crippen LogP contribution >= 0.6 is 0 Å². The molecule has 1 amide bonds. The number of sulfone groups is 1. The third-order valence-electron chi connectivity index (χ3n) is 4.08. The standard InChI is InChI=1S/C17H23NO5S/c1-2-23-17(20)14-7-6-11-18(13-14)16(19)10-12-24(21,22)15-8-4-3-5-9-15/h3-5,8-9,14H,2,6-7,10-13H2,1H3/t14-/m1/s1. The average Bonchev–Trinajstić information content (AvgIpc) is 2.61. The second-order valence-corrected chi connectivity index (χ2v) is 7.92. The number of carbonyl (C=O) groups excluding carboxylic acids is 2. The molecule has 0 unspecified atom stereocenters. The quantitative estimate of drug-likeness (QED) is 0.727. The zero-order valence-corrected chi connectivity index (χ0v) is 14.6. The minimum Gasteiger partial charge on any atom is -0.466 e. The number of esters is 1. The van der Waals surface area contributed by atoms with Crippen molar-refractivity contribution < 1.29 is 22.7 Å². The van der Waals surface area contributed by atoms with Gasteiger partial charge < -0.3 is 9.64 Å². The van der Waals surface area contributed by atoms with Crippen molar-refractivity contribution >= 4 is 21.7 Å². The first-order chi connectivity index (χ1) is 11.4. The number of likely N-dealkylation sites (tertiary alicyclic amines) is 1. The zero-order valence-electron chi connectivity index (χ0n) is 13.8. The van der Waals surface area contributed by atoms with Gasteiger partial charge in [0.2, 0.25) is 5.91 Å². The molecule has 24 heavy (non-hydrogen) atoms. The summed E-state index contributed by atoms with van der Waals surface area (Å²) in [5, 5.41) is 0. The van der Waals surface area contributed by atoms with E-state index in [0.29, 0.717) is 26.1 Å². The molecule has 0 bridgehead atoms. The SMILES string of the molecule is CCOC(=O)[C@@H]1CCCN(C(=O)CCS(=O)(=O)c2ccccc2)C1. The van der Waals surface area contributed by atoms with Gasteiger partial charge in [-0.05, 0) is 31.9 Å². The number of carbonyl (C=O) groups is 2. The molecule has 1 aromatic carbocycles. The fourth-order valence-electron chi connectivity index (χ4n) is 2.78. The van der Waals surface area contributed by atoms with Crippen LogP contribution in [0.25, 0.3) is 0 Å². The van der Waals surface area contributed by atoms with E-state index in [1.165, 1.54) is 12.1 Å². The number of amides is 1. The van der Waals surface area contributed by atoms with Crippen LogP contribution in [0.3, 0.4) is 0 Å². The molecule has 0 spiro atoms. The molecule has 6 nitrogen and oxygen atoms in total. The lowest BCUT2D eigenvalue weighted by molar-refractivity contribution is -0.151. The van der Waals surface area contributed by atoms with E-state index in [4.69, 9.17) is 4.74 Å². The lowest BCUT2D eigenvalue weighted by Gasteiger charge is -2.31. The highest BCUT2D eigenvalue weighted by Gasteiger charge is 2.29. The number of nitrogens with zero attached hydrogens (tertiary/aromatic N) is 1. The Morgan fingerprint density at radius 1 is 1.25 bits per heavy atom. The van der Waals surface area contributed by atoms with Gasteiger partial charge in [-0.25, -0.2) is 8.42 Å². The van der Waals surface area contributed by atoms with Crippen LogP contribution in [0.1, 0.15) is 26.2 Å². The number of hydrogen-bond donors (Lipinski definition) is 0. The Labute approximate surface area is 142 Å². The molecule has 0 aromatic heterocycles. The van der Waals surface area contributed by atoms with Crippen molar-refractivity contribution in [2.24, 2.45) is 5.92 Å². The molecule has 0 radical (unpaired) electrons. The normalized spacial score (nSPS) is 18.2. The molecule has 2 rings (SSSR count). The van der Waals surface area contributed by atoms with E-state index in [1.54, 1.807) is 30.0 Å². The van der Waals surface area contributed by atoms with Gasteiger partial charge in [0.1, 0.15) is 0 Å². The van der Waals surface area contributed by atoms with Crippen LogP contribution in [0.15, 0.2) is 35.2 Å². The number of hydrogen-bond acceptors (Lipinski definition) is 5. The van der Waals surface area contributed by atoms with E-state index in [2.05, 4.69) is 0 Å². The third kappa shape index (κ3) is 4.80. The van der Waals surface area contributed by atoms with Crippen LogP contribution in [0.5, 0.6) is 0 Å². The molecule has 7 heteroatoms. The molecular weight excluding hydrogens is 330 g/mol. The highest BCUT2D eigenvalue weighted by atomic mass is 32.2. The van der Waals surface area contributed by atoms with Crippen molar-refractivity contribution in [1.82, 2.24) is 4.90 Å². The Hall–Kier alpha value is -1.89. The summed E-state index contributed by atoms with van der Waals surface area (Å²) in [6.07, 6.45) is 1.35. The molecule has 0 aliphatic carbocycles. The van der Waals surface area contributed by atoms with Gasteiger partial charge in [-0.15, -0.1) is 0 Å². The van der Waals surface area contributed by atoms with Crippen molar-refractivity contribution in [2.45, 2.75) is 31.1 Å². The Morgan fingerprint density at radius 3 is 2.62 bits per heavy atom. The van der Waals surface area contributed by atoms with Gasteiger partial charge in [-0.1, -0.05) is 18.2 Å². The zero-order chi connectivity index (χ0) is 17.6. The molecule has 1 aliphatic rings. The van der Waals surface area contributed by atoms with Gasteiger partial charge in [-0.2, -0.15) is 0 Å². The van der Waals surface area contributed by atoms with E-state index >= 15 is 0 Å². The van der Waals surface area contributed by atoms with Crippen LogP contribution in [-0.4, -0.2) is 50.6 Å². The monoisotopic (exact) mass is 353 g/mol. The molecule has 0 saturated carbocycles. The highest BCUT2D eigenvalue weighted by molar-refractivity contribution is 7.91. The maximum Gasteiger partial charge on any atom is 0.310 e. The number of benzene rings is 1.